The maximum atomic E-state index is 10.4. The zero-order valence-electron chi connectivity index (χ0n) is 13.3. The number of piperidine rings is 1. The minimum atomic E-state index is -0.00994. The van der Waals surface area contributed by atoms with Crippen LogP contribution in [0.1, 0.15) is 77.6 Å². The summed E-state index contributed by atoms with van der Waals surface area (Å²) < 4.78 is 0. The molecule has 0 spiro atoms. The molecule has 5 atom stereocenters. The Morgan fingerprint density at radius 1 is 0.850 bits per heavy atom. The van der Waals surface area contributed by atoms with E-state index in [1.165, 1.54) is 70.8 Å². The van der Waals surface area contributed by atoms with Crippen molar-refractivity contribution in [2.24, 2.45) is 11.8 Å². The first-order valence-corrected chi connectivity index (χ1v) is 9.25. The molecule has 0 aromatic carbocycles. The molecule has 1 aliphatic heterocycles. The monoisotopic (exact) mass is 279 g/mol. The van der Waals surface area contributed by atoms with E-state index in [2.05, 4.69) is 11.8 Å². The average Bonchev–Trinajstić information content (AvgIpc) is 2.93. The molecule has 0 radical (unpaired) electrons. The SMILES string of the molecule is CCC1CCCCC1N1CCCCC1C1CCCC1O. The summed E-state index contributed by atoms with van der Waals surface area (Å²) in [5, 5.41) is 10.4. The first-order valence-electron chi connectivity index (χ1n) is 9.25. The Kier molecular flexibility index (Phi) is 5.04. The van der Waals surface area contributed by atoms with E-state index in [1.54, 1.807) is 0 Å². The minimum absolute atomic E-state index is 0.00994. The first kappa shape index (κ1) is 14.8. The maximum absolute atomic E-state index is 10.4. The molecule has 2 aliphatic carbocycles. The van der Waals surface area contributed by atoms with Crippen molar-refractivity contribution >= 4 is 0 Å². The van der Waals surface area contributed by atoms with Crippen molar-refractivity contribution in [1.29, 1.82) is 0 Å². The number of hydrogen-bond donors (Lipinski definition) is 1. The Bertz CT molecular complexity index is 306. The second kappa shape index (κ2) is 6.79. The summed E-state index contributed by atoms with van der Waals surface area (Å²) in [5.41, 5.74) is 0. The van der Waals surface area contributed by atoms with Gasteiger partial charge in [0.05, 0.1) is 6.10 Å². The van der Waals surface area contributed by atoms with Crippen LogP contribution in [0.2, 0.25) is 0 Å². The molecule has 0 bridgehead atoms. The van der Waals surface area contributed by atoms with Crippen LogP contribution in [-0.4, -0.2) is 34.7 Å². The van der Waals surface area contributed by atoms with Crippen LogP contribution in [-0.2, 0) is 0 Å². The van der Waals surface area contributed by atoms with Crippen molar-refractivity contribution in [3.8, 4) is 0 Å². The van der Waals surface area contributed by atoms with Gasteiger partial charge in [0.25, 0.3) is 0 Å². The smallest absolute Gasteiger partial charge is 0.0583 e. The lowest BCUT2D eigenvalue weighted by molar-refractivity contribution is -0.0164. The molecule has 3 aliphatic rings. The predicted molar refractivity (Wildman–Crippen MR) is 83.7 cm³/mol. The first-order chi connectivity index (χ1) is 9.81. The standard InChI is InChI=1S/C18H33NO/c1-2-14-8-3-4-10-16(14)19-13-6-5-11-17(19)15-9-7-12-18(15)20/h14-18,20H,2-13H2,1H3. The summed E-state index contributed by atoms with van der Waals surface area (Å²) in [4.78, 5) is 2.87. The fourth-order valence-electron chi connectivity index (χ4n) is 5.37. The third-order valence-electron chi connectivity index (χ3n) is 6.44. The van der Waals surface area contributed by atoms with Crippen LogP contribution in [0.3, 0.4) is 0 Å². The zero-order valence-corrected chi connectivity index (χ0v) is 13.3. The second-order valence-electron chi connectivity index (χ2n) is 7.48. The molecule has 1 N–H and O–H groups in total. The van der Waals surface area contributed by atoms with Gasteiger partial charge in [0.1, 0.15) is 0 Å². The van der Waals surface area contributed by atoms with Crippen LogP contribution in [0, 0.1) is 11.8 Å². The average molecular weight is 279 g/mol. The molecule has 116 valence electrons. The van der Waals surface area contributed by atoms with Gasteiger partial charge in [0.15, 0.2) is 0 Å². The van der Waals surface area contributed by atoms with Crippen LogP contribution in [0.15, 0.2) is 0 Å². The molecule has 0 aromatic rings. The van der Waals surface area contributed by atoms with E-state index in [-0.39, 0.29) is 6.10 Å². The zero-order chi connectivity index (χ0) is 13.9. The fraction of sp³-hybridized carbons (Fsp3) is 1.00. The van der Waals surface area contributed by atoms with Crippen LogP contribution < -0.4 is 0 Å². The minimum Gasteiger partial charge on any atom is -0.393 e. The number of nitrogens with zero attached hydrogens (tertiary/aromatic N) is 1. The van der Waals surface area contributed by atoms with Gasteiger partial charge in [-0.15, -0.1) is 0 Å². The van der Waals surface area contributed by atoms with E-state index in [9.17, 15) is 5.11 Å². The van der Waals surface area contributed by atoms with E-state index in [4.69, 9.17) is 0 Å². The topological polar surface area (TPSA) is 23.5 Å². The third kappa shape index (κ3) is 2.92. The van der Waals surface area contributed by atoms with Crippen molar-refractivity contribution in [1.82, 2.24) is 4.90 Å². The third-order valence-corrected chi connectivity index (χ3v) is 6.44. The lowest BCUT2D eigenvalue weighted by Gasteiger charge is -2.48. The van der Waals surface area contributed by atoms with Crippen LogP contribution >= 0.6 is 0 Å². The van der Waals surface area contributed by atoms with Gasteiger partial charge in [0, 0.05) is 18.0 Å². The van der Waals surface area contributed by atoms with Crippen molar-refractivity contribution in [2.75, 3.05) is 6.54 Å². The summed E-state index contributed by atoms with van der Waals surface area (Å²) >= 11 is 0. The summed E-state index contributed by atoms with van der Waals surface area (Å²) in [5.74, 6) is 1.50. The highest BCUT2D eigenvalue weighted by atomic mass is 16.3. The molecule has 5 unspecified atom stereocenters. The number of likely N-dealkylation sites (tertiary alicyclic amines) is 1. The van der Waals surface area contributed by atoms with E-state index < -0.39 is 0 Å². The molecule has 2 nitrogen and oxygen atoms in total. The highest BCUT2D eigenvalue weighted by molar-refractivity contribution is 4.95. The molecule has 0 aromatic heterocycles. The molecule has 2 heteroatoms. The molecule has 1 heterocycles. The molecule has 2 saturated carbocycles. The quantitative estimate of drug-likeness (QED) is 0.845. The number of rotatable bonds is 3. The molecule has 3 rings (SSSR count). The van der Waals surface area contributed by atoms with E-state index in [0.29, 0.717) is 12.0 Å². The normalized spacial score (nSPS) is 43.8. The van der Waals surface area contributed by atoms with Gasteiger partial charge < -0.3 is 5.11 Å². The van der Waals surface area contributed by atoms with Gasteiger partial charge in [-0.25, -0.2) is 0 Å². The van der Waals surface area contributed by atoms with Gasteiger partial charge in [-0.05, 0) is 51.0 Å². The summed E-state index contributed by atoms with van der Waals surface area (Å²) in [6, 6.07) is 1.52. The van der Waals surface area contributed by atoms with E-state index >= 15 is 0 Å². The summed E-state index contributed by atoms with van der Waals surface area (Å²) in [7, 11) is 0. The van der Waals surface area contributed by atoms with Gasteiger partial charge in [0.2, 0.25) is 0 Å². The molecule has 1 saturated heterocycles. The molecule has 0 amide bonds. The summed E-state index contributed by atoms with van der Waals surface area (Å²) in [6.07, 6.45) is 14.7. The van der Waals surface area contributed by atoms with Gasteiger partial charge in [-0.1, -0.05) is 39.0 Å². The Morgan fingerprint density at radius 2 is 1.60 bits per heavy atom. The number of aliphatic hydroxyl groups is 1. The highest BCUT2D eigenvalue weighted by Gasteiger charge is 2.41. The lowest BCUT2D eigenvalue weighted by atomic mass is 9.78. The van der Waals surface area contributed by atoms with Crippen LogP contribution in [0.25, 0.3) is 0 Å². The molecule has 3 fully saturated rings. The molecular weight excluding hydrogens is 246 g/mol. The summed E-state index contributed by atoms with van der Waals surface area (Å²) in [6.45, 7) is 3.68. The molecular formula is C18H33NO. The Morgan fingerprint density at radius 3 is 2.35 bits per heavy atom. The van der Waals surface area contributed by atoms with Crippen LogP contribution in [0.5, 0.6) is 0 Å². The lowest BCUT2D eigenvalue weighted by Crippen LogP contribution is -2.54. The van der Waals surface area contributed by atoms with Crippen molar-refractivity contribution in [3.63, 3.8) is 0 Å². The highest BCUT2D eigenvalue weighted by Crippen LogP contribution is 2.40. The Balaban J connectivity index is 1.73. The van der Waals surface area contributed by atoms with Crippen LogP contribution in [0.4, 0.5) is 0 Å². The van der Waals surface area contributed by atoms with Crippen molar-refractivity contribution < 1.29 is 5.11 Å². The Labute approximate surface area is 124 Å². The van der Waals surface area contributed by atoms with Gasteiger partial charge >= 0.3 is 0 Å². The van der Waals surface area contributed by atoms with Gasteiger partial charge in [-0.3, -0.25) is 4.90 Å². The fourth-order valence-corrected chi connectivity index (χ4v) is 5.37. The maximum Gasteiger partial charge on any atom is 0.0583 e. The second-order valence-corrected chi connectivity index (χ2v) is 7.48. The van der Waals surface area contributed by atoms with E-state index in [0.717, 1.165) is 18.4 Å². The van der Waals surface area contributed by atoms with Crippen molar-refractivity contribution in [2.45, 2.75) is 95.7 Å². The largest absolute Gasteiger partial charge is 0.393 e. The predicted octanol–water partition coefficient (Wildman–Crippen LogP) is 3.97. The Hall–Kier alpha value is -0.0800. The number of aliphatic hydroxyl groups excluding tert-OH is 1. The van der Waals surface area contributed by atoms with E-state index in [1.807, 2.05) is 0 Å². The number of hydrogen-bond acceptors (Lipinski definition) is 2. The van der Waals surface area contributed by atoms with Gasteiger partial charge in [-0.2, -0.15) is 0 Å². The molecule has 20 heavy (non-hydrogen) atoms. The van der Waals surface area contributed by atoms with Crippen molar-refractivity contribution in [3.05, 3.63) is 0 Å².